The van der Waals surface area contributed by atoms with Crippen molar-refractivity contribution in [3.8, 4) is 0 Å². The van der Waals surface area contributed by atoms with Crippen LogP contribution in [0.4, 0.5) is 0 Å². The standard InChI is InChI=1S/C16H30N2O3/c1-5-6-7-13-8-14(17-16(20)12(2)3)10-18(9-13)11-15(19)21-4/h12-14H,5-11H2,1-4H3,(H,17,20). The molecule has 0 aromatic carbocycles. The van der Waals surface area contributed by atoms with E-state index in [-0.39, 0.29) is 23.8 Å². The molecule has 1 aliphatic heterocycles. The first-order chi connectivity index (χ1) is 9.96. The number of methoxy groups -OCH3 is 1. The monoisotopic (exact) mass is 298 g/mol. The first-order valence-electron chi connectivity index (χ1n) is 8.05. The third-order valence-electron chi connectivity index (χ3n) is 4.03. The van der Waals surface area contributed by atoms with Crippen LogP contribution >= 0.6 is 0 Å². The second-order valence-corrected chi connectivity index (χ2v) is 6.37. The number of hydrogen-bond acceptors (Lipinski definition) is 4. The van der Waals surface area contributed by atoms with Crippen LogP contribution in [0.1, 0.15) is 46.5 Å². The van der Waals surface area contributed by atoms with E-state index in [0.717, 1.165) is 25.9 Å². The second kappa shape index (κ2) is 9.03. The number of esters is 1. The summed E-state index contributed by atoms with van der Waals surface area (Å²) < 4.78 is 4.76. The Hall–Kier alpha value is -1.10. The van der Waals surface area contributed by atoms with Crippen LogP contribution in [0.25, 0.3) is 0 Å². The topological polar surface area (TPSA) is 58.6 Å². The normalized spacial score (nSPS) is 23.1. The van der Waals surface area contributed by atoms with E-state index in [1.165, 1.54) is 20.0 Å². The van der Waals surface area contributed by atoms with Crippen LogP contribution in [0.15, 0.2) is 0 Å². The molecule has 0 bridgehead atoms. The van der Waals surface area contributed by atoms with Gasteiger partial charge in [-0.2, -0.15) is 0 Å². The van der Waals surface area contributed by atoms with Gasteiger partial charge < -0.3 is 10.1 Å². The molecule has 0 spiro atoms. The summed E-state index contributed by atoms with van der Waals surface area (Å²) >= 11 is 0. The van der Waals surface area contributed by atoms with Gasteiger partial charge in [0.1, 0.15) is 0 Å². The Balaban J connectivity index is 2.60. The van der Waals surface area contributed by atoms with Gasteiger partial charge in [-0.1, -0.05) is 33.6 Å². The minimum absolute atomic E-state index is 0.00456. The lowest BCUT2D eigenvalue weighted by atomic mass is 9.89. The Morgan fingerprint density at radius 1 is 1.33 bits per heavy atom. The first kappa shape index (κ1) is 18.0. The number of nitrogens with one attached hydrogen (secondary N) is 1. The summed E-state index contributed by atoms with van der Waals surface area (Å²) in [6.07, 6.45) is 4.54. The molecule has 1 fully saturated rings. The number of likely N-dealkylation sites (tertiary alicyclic amines) is 1. The highest BCUT2D eigenvalue weighted by Gasteiger charge is 2.29. The van der Waals surface area contributed by atoms with Gasteiger partial charge in [0, 0.05) is 25.0 Å². The summed E-state index contributed by atoms with van der Waals surface area (Å²) in [5, 5.41) is 3.11. The number of amides is 1. The Bertz CT molecular complexity index is 344. The number of ether oxygens (including phenoxy) is 1. The number of hydrogen-bond donors (Lipinski definition) is 1. The van der Waals surface area contributed by atoms with E-state index in [9.17, 15) is 9.59 Å². The number of unbranched alkanes of at least 4 members (excludes halogenated alkanes) is 1. The summed E-state index contributed by atoms with van der Waals surface area (Å²) in [5.41, 5.74) is 0. The van der Waals surface area contributed by atoms with Crippen molar-refractivity contribution in [3.63, 3.8) is 0 Å². The molecule has 5 nitrogen and oxygen atoms in total. The van der Waals surface area contributed by atoms with Crippen molar-refractivity contribution < 1.29 is 14.3 Å². The van der Waals surface area contributed by atoms with Crippen molar-refractivity contribution in [1.29, 1.82) is 0 Å². The number of carbonyl (C=O) groups is 2. The molecule has 122 valence electrons. The number of nitrogens with zero attached hydrogens (tertiary/aromatic N) is 1. The molecule has 2 atom stereocenters. The van der Waals surface area contributed by atoms with E-state index in [4.69, 9.17) is 4.74 Å². The molecular formula is C16H30N2O3. The predicted molar refractivity (Wildman–Crippen MR) is 82.9 cm³/mol. The van der Waals surface area contributed by atoms with Crippen LogP contribution < -0.4 is 5.32 Å². The zero-order valence-corrected chi connectivity index (χ0v) is 13.9. The molecular weight excluding hydrogens is 268 g/mol. The quantitative estimate of drug-likeness (QED) is 0.728. The van der Waals surface area contributed by atoms with Crippen molar-refractivity contribution in [2.75, 3.05) is 26.7 Å². The molecule has 0 aromatic heterocycles. The van der Waals surface area contributed by atoms with E-state index < -0.39 is 0 Å². The molecule has 2 unspecified atom stereocenters. The van der Waals surface area contributed by atoms with Crippen LogP contribution in [0.5, 0.6) is 0 Å². The summed E-state index contributed by atoms with van der Waals surface area (Å²) in [6.45, 7) is 7.96. The summed E-state index contributed by atoms with van der Waals surface area (Å²) in [4.78, 5) is 25.5. The van der Waals surface area contributed by atoms with Crippen LogP contribution in [-0.2, 0) is 14.3 Å². The fourth-order valence-corrected chi connectivity index (χ4v) is 2.85. The smallest absolute Gasteiger partial charge is 0.319 e. The maximum atomic E-state index is 11.9. The minimum atomic E-state index is -0.208. The fourth-order valence-electron chi connectivity index (χ4n) is 2.85. The zero-order chi connectivity index (χ0) is 15.8. The maximum Gasteiger partial charge on any atom is 0.319 e. The van der Waals surface area contributed by atoms with E-state index in [1.807, 2.05) is 13.8 Å². The number of rotatable bonds is 7. The first-order valence-corrected chi connectivity index (χ1v) is 8.05. The van der Waals surface area contributed by atoms with Crippen molar-refractivity contribution in [1.82, 2.24) is 10.2 Å². The van der Waals surface area contributed by atoms with Crippen LogP contribution in [0.2, 0.25) is 0 Å². The van der Waals surface area contributed by atoms with E-state index in [1.54, 1.807) is 0 Å². The van der Waals surface area contributed by atoms with Crippen LogP contribution in [-0.4, -0.2) is 49.6 Å². The molecule has 1 aliphatic rings. The van der Waals surface area contributed by atoms with E-state index in [2.05, 4.69) is 17.1 Å². The van der Waals surface area contributed by atoms with E-state index >= 15 is 0 Å². The van der Waals surface area contributed by atoms with Gasteiger partial charge in [0.25, 0.3) is 0 Å². The van der Waals surface area contributed by atoms with Gasteiger partial charge in [0.15, 0.2) is 0 Å². The molecule has 1 amide bonds. The molecule has 1 N–H and O–H groups in total. The van der Waals surface area contributed by atoms with Gasteiger partial charge in [-0.25, -0.2) is 0 Å². The summed E-state index contributed by atoms with van der Waals surface area (Å²) in [6, 6.07) is 0.139. The zero-order valence-electron chi connectivity index (χ0n) is 13.9. The molecule has 5 heteroatoms. The second-order valence-electron chi connectivity index (χ2n) is 6.37. The van der Waals surface area contributed by atoms with Crippen LogP contribution in [0.3, 0.4) is 0 Å². The van der Waals surface area contributed by atoms with Gasteiger partial charge in [-0.05, 0) is 18.8 Å². The number of carbonyl (C=O) groups excluding carboxylic acids is 2. The average molecular weight is 298 g/mol. The molecule has 0 saturated carbocycles. The molecule has 1 saturated heterocycles. The highest BCUT2D eigenvalue weighted by molar-refractivity contribution is 5.78. The molecule has 0 radical (unpaired) electrons. The van der Waals surface area contributed by atoms with Crippen molar-refractivity contribution in [2.24, 2.45) is 11.8 Å². The van der Waals surface area contributed by atoms with Gasteiger partial charge in [-0.15, -0.1) is 0 Å². The van der Waals surface area contributed by atoms with Crippen LogP contribution in [0, 0.1) is 11.8 Å². The van der Waals surface area contributed by atoms with Gasteiger partial charge >= 0.3 is 5.97 Å². The minimum Gasteiger partial charge on any atom is -0.468 e. The number of piperidine rings is 1. The lowest BCUT2D eigenvalue weighted by molar-refractivity contribution is -0.142. The predicted octanol–water partition coefficient (Wildman–Crippen LogP) is 1.81. The van der Waals surface area contributed by atoms with Gasteiger partial charge in [0.2, 0.25) is 5.91 Å². The summed E-state index contributed by atoms with van der Waals surface area (Å²) in [7, 11) is 1.42. The largest absolute Gasteiger partial charge is 0.468 e. The Labute approximate surface area is 128 Å². The van der Waals surface area contributed by atoms with Crippen molar-refractivity contribution >= 4 is 11.9 Å². The molecule has 21 heavy (non-hydrogen) atoms. The average Bonchev–Trinajstić information content (AvgIpc) is 2.44. The lowest BCUT2D eigenvalue weighted by Crippen LogP contribution is -2.52. The summed E-state index contributed by atoms with van der Waals surface area (Å²) in [5.74, 6) is 0.421. The molecule has 1 heterocycles. The third kappa shape index (κ3) is 6.46. The highest BCUT2D eigenvalue weighted by Crippen LogP contribution is 2.22. The Kier molecular flexibility index (Phi) is 7.72. The Morgan fingerprint density at radius 3 is 2.62 bits per heavy atom. The van der Waals surface area contributed by atoms with Gasteiger partial charge in [-0.3, -0.25) is 14.5 Å². The maximum absolute atomic E-state index is 11.9. The van der Waals surface area contributed by atoms with E-state index in [0.29, 0.717) is 12.5 Å². The molecule has 0 aliphatic carbocycles. The Morgan fingerprint density at radius 2 is 2.05 bits per heavy atom. The fraction of sp³-hybridized carbons (Fsp3) is 0.875. The molecule has 0 aromatic rings. The third-order valence-corrected chi connectivity index (χ3v) is 4.03. The molecule has 1 rings (SSSR count). The van der Waals surface area contributed by atoms with Crippen molar-refractivity contribution in [3.05, 3.63) is 0 Å². The van der Waals surface area contributed by atoms with Gasteiger partial charge in [0.05, 0.1) is 13.7 Å². The lowest BCUT2D eigenvalue weighted by Gasteiger charge is -2.38. The SMILES string of the molecule is CCCCC1CC(NC(=O)C(C)C)CN(CC(=O)OC)C1. The van der Waals surface area contributed by atoms with Crippen molar-refractivity contribution in [2.45, 2.75) is 52.5 Å². The highest BCUT2D eigenvalue weighted by atomic mass is 16.5.